The van der Waals surface area contributed by atoms with Gasteiger partial charge in [-0.15, -0.1) is 15.3 Å². The van der Waals surface area contributed by atoms with Crippen LogP contribution in [0.5, 0.6) is 5.75 Å². The van der Waals surface area contributed by atoms with E-state index in [0.717, 1.165) is 93.6 Å². The second kappa shape index (κ2) is 25.1. The summed E-state index contributed by atoms with van der Waals surface area (Å²) in [5.41, 5.74) is 14.0. The minimum absolute atomic E-state index is 0. The zero-order chi connectivity index (χ0) is 59.6. The van der Waals surface area contributed by atoms with Crippen LogP contribution in [0.15, 0.2) is 237 Å². The molecule has 12 rings (SSSR count). The lowest BCUT2D eigenvalue weighted by atomic mass is 9.81. The first kappa shape index (κ1) is 59.7. The van der Waals surface area contributed by atoms with Crippen molar-refractivity contribution in [3.05, 3.63) is 228 Å². The van der Waals surface area contributed by atoms with Crippen molar-refractivity contribution in [2.45, 2.75) is 97.1 Å². The number of para-hydroxylation sites is 2. The highest BCUT2D eigenvalue weighted by Crippen LogP contribution is 2.49. The van der Waals surface area contributed by atoms with Crippen LogP contribution >= 0.6 is 0 Å². The predicted octanol–water partition coefficient (Wildman–Crippen LogP) is 15.4. The van der Waals surface area contributed by atoms with Crippen LogP contribution in [0.2, 0.25) is 0 Å². The lowest BCUT2D eigenvalue weighted by Gasteiger charge is -2.38. The molecular weight excluding hydrogens is 1190 g/mol. The van der Waals surface area contributed by atoms with E-state index >= 15 is 0 Å². The number of anilines is 4. The van der Waals surface area contributed by atoms with Gasteiger partial charge in [0, 0.05) is 86.1 Å². The van der Waals surface area contributed by atoms with Gasteiger partial charge in [-0.3, -0.25) is 9.59 Å². The molecular formula is C73H72IN9O4. The maximum atomic E-state index is 13.4. The SMILES string of the molecule is CCN1/C(=C/C=C2\CCCC(/C=C/C3=[N+](CC)c4ccccc4C3(C)C)=C2Oc2ccc(NC(=O)CCC(=O)OCC3(C)Nc4cccc5c(N=Nc6ccc(N=Nc7ccccc7)c7ccccc67)ccc(c45)N3)cc2)C(C)(C)c2ccccc21.[I-]. The molecule has 3 aliphatic heterocycles. The number of likely N-dealkylation sites (N-methyl/N-ethyl adjacent to an activating group) is 1. The number of nitrogens with one attached hydrogen (secondary N) is 3. The van der Waals surface area contributed by atoms with Crippen molar-refractivity contribution in [2.24, 2.45) is 20.5 Å². The van der Waals surface area contributed by atoms with Gasteiger partial charge in [0.1, 0.15) is 30.3 Å². The molecule has 0 saturated heterocycles. The van der Waals surface area contributed by atoms with Crippen molar-refractivity contribution < 1.29 is 47.6 Å². The van der Waals surface area contributed by atoms with Crippen LogP contribution in [-0.4, -0.2) is 47.5 Å². The Kier molecular flexibility index (Phi) is 17.2. The maximum absolute atomic E-state index is 13.4. The van der Waals surface area contributed by atoms with E-state index < -0.39 is 11.6 Å². The lowest BCUT2D eigenvalue weighted by molar-refractivity contribution is -0.433. The fraction of sp³-hybridized carbons (Fsp3) is 0.247. The molecule has 4 aliphatic rings. The molecule has 3 heterocycles. The number of hydrogen-bond donors (Lipinski definition) is 3. The van der Waals surface area contributed by atoms with Gasteiger partial charge < -0.3 is 54.3 Å². The number of azo groups is 2. The summed E-state index contributed by atoms with van der Waals surface area (Å²) >= 11 is 0. The number of allylic oxidation sites excluding steroid dienone is 7. The smallest absolute Gasteiger partial charge is 0.306 e. The molecule has 13 nitrogen and oxygen atoms in total. The lowest BCUT2D eigenvalue weighted by Crippen LogP contribution is -3.00. The molecule has 0 fully saturated rings. The molecule has 440 valence electrons. The summed E-state index contributed by atoms with van der Waals surface area (Å²) in [6.07, 6.45) is 11.7. The van der Waals surface area contributed by atoms with Crippen molar-refractivity contribution in [1.29, 1.82) is 0 Å². The summed E-state index contributed by atoms with van der Waals surface area (Å²) in [7, 11) is 0. The Balaban J connectivity index is 0.00000784. The number of fused-ring (bicyclic) bond motifs is 3. The molecule has 0 bridgehead atoms. The zero-order valence-electron chi connectivity index (χ0n) is 50.3. The van der Waals surface area contributed by atoms with Gasteiger partial charge in [-0.2, -0.15) is 9.69 Å². The first-order valence-electron chi connectivity index (χ1n) is 29.9. The van der Waals surface area contributed by atoms with E-state index in [2.05, 4.69) is 150 Å². The highest BCUT2D eigenvalue weighted by Gasteiger charge is 2.44. The van der Waals surface area contributed by atoms with Crippen molar-refractivity contribution >= 4 is 90.3 Å². The second-order valence-corrected chi connectivity index (χ2v) is 23.6. The Labute approximate surface area is 526 Å². The molecule has 87 heavy (non-hydrogen) atoms. The van der Waals surface area contributed by atoms with Crippen molar-refractivity contribution in [3.8, 4) is 5.75 Å². The molecule has 14 heteroatoms. The third-order valence-corrected chi connectivity index (χ3v) is 17.0. The van der Waals surface area contributed by atoms with Crippen LogP contribution in [0.25, 0.3) is 21.5 Å². The average molecular weight is 1270 g/mol. The molecule has 1 aliphatic carbocycles. The number of ether oxygens (including phenoxy) is 2. The third-order valence-electron chi connectivity index (χ3n) is 17.0. The van der Waals surface area contributed by atoms with Gasteiger partial charge >= 0.3 is 5.97 Å². The normalized spacial score (nSPS) is 18.4. The van der Waals surface area contributed by atoms with E-state index in [9.17, 15) is 9.59 Å². The van der Waals surface area contributed by atoms with E-state index in [1.807, 2.05) is 128 Å². The molecule has 1 amide bonds. The van der Waals surface area contributed by atoms with Crippen LogP contribution in [0.3, 0.4) is 0 Å². The first-order chi connectivity index (χ1) is 41.7. The Morgan fingerprint density at radius 1 is 0.632 bits per heavy atom. The monoisotopic (exact) mass is 1270 g/mol. The molecule has 0 saturated carbocycles. The van der Waals surface area contributed by atoms with E-state index in [4.69, 9.17) is 19.7 Å². The molecule has 0 aromatic heterocycles. The van der Waals surface area contributed by atoms with Crippen molar-refractivity contribution in [2.75, 3.05) is 40.5 Å². The zero-order valence-corrected chi connectivity index (χ0v) is 52.5. The van der Waals surface area contributed by atoms with Gasteiger partial charge in [-0.1, -0.05) is 111 Å². The number of hydrogen-bond acceptors (Lipinski definition) is 11. The largest absolute Gasteiger partial charge is 1.00 e. The van der Waals surface area contributed by atoms with Gasteiger partial charge in [0.05, 0.1) is 34.6 Å². The number of amides is 1. The second-order valence-electron chi connectivity index (χ2n) is 23.6. The van der Waals surface area contributed by atoms with Crippen LogP contribution < -0.4 is 49.6 Å². The summed E-state index contributed by atoms with van der Waals surface area (Å²) in [5.74, 6) is 0.732. The standard InChI is InChI=1S/C73H71N9O4.HI/c1-8-81-63-31-17-15-28-56(63)71(3,4)65(81)43-33-48-21-19-22-49(34-44-66-72(5,6)57-29-16-18-32-64(57)82(66)9-2)70(48)86-52-37-35-50(36-38-52)74-67(83)45-46-68(84)85-47-73(7)75-61-30-20-27-55-60(41-42-62(76-73)69(55)61)80-79-59-40-39-58(53-25-13-14-26-54(53)59)78-77-51-23-11-10-12-24-51;/h10-18,20,23-44H,8-9,19,21-22,45-47H2,1-7H3,(H2-,74,75,76,77,79,83);1H. The number of benzene rings is 8. The van der Waals surface area contributed by atoms with Crippen LogP contribution in [0, 0.1) is 0 Å². The number of halogens is 1. The number of nitrogens with zero attached hydrogens (tertiary/aromatic N) is 6. The van der Waals surface area contributed by atoms with Crippen LogP contribution in [0.1, 0.15) is 91.7 Å². The Morgan fingerprint density at radius 3 is 1.99 bits per heavy atom. The summed E-state index contributed by atoms with van der Waals surface area (Å²) in [5, 5.41) is 32.2. The summed E-state index contributed by atoms with van der Waals surface area (Å²) in [6, 6.07) is 56.2. The van der Waals surface area contributed by atoms with Crippen LogP contribution in [0.4, 0.5) is 51.2 Å². The summed E-state index contributed by atoms with van der Waals surface area (Å²) < 4.78 is 15.2. The molecule has 1 unspecified atom stereocenters. The topological polar surface area (TPSA) is 144 Å². The quantitative estimate of drug-likeness (QED) is 0.0356. The minimum Gasteiger partial charge on any atom is -1.00 e. The van der Waals surface area contributed by atoms with E-state index in [0.29, 0.717) is 22.8 Å². The third kappa shape index (κ3) is 12.1. The fourth-order valence-corrected chi connectivity index (χ4v) is 12.7. The highest BCUT2D eigenvalue weighted by molar-refractivity contribution is 6.10. The van der Waals surface area contributed by atoms with Gasteiger partial charge in [-0.25, -0.2) is 0 Å². The van der Waals surface area contributed by atoms with Gasteiger partial charge in [0.15, 0.2) is 5.71 Å². The Bertz CT molecular complexity index is 4180. The molecule has 0 radical (unpaired) electrons. The number of esters is 1. The first-order valence-corrected chi connectivity index (χ1v) is 29.9. The molecule has 1 atom stereocenters. The maximum Gasteiger partial charge on any atom is 0.306 e. The Hall–Kier alpha value is -9.02. The fourth-order valence-electron chi connectivity index (χ4n) is 12.7. The summed E-state index contributed by atoms with van der Waals surface area (Å²) in [6.45, 7) is 17.3. The van der Waals surface area contributed by atoms with Gasteiger partial charge in [-0.05, 0) is 156 Å². The molecule has 8 aromatic carbocycles. The van der Waals surface area contributed by atoms with Crippen LogP contribution in [-0.2, 0) is 25.2 Å². The molecule has 0 spiro atoms. The van der Waals surface area contributed by atoms with E-state index in [1.165, 1.54) is 33.9 Å². The van der Waals surface area contributed by atoms with Crippen molar-refractivity contribution in [1.82, 2.24) is 0 Å². The number of carbonyl (C=O) groups excluding carboxylic acids is 2. The minimum atomic E-state index is -0.840. The predicted molar refractivity (Wildman–Crippen MR) is 348 cm³/mol. The number of rotatable bonds is 17. The molecule has 8 aromatic rings. The van der Waals surface area contributed by atoms with E-state index in [1.54, 1.807) is 0 Å². The highest BCUT2D eigenvalue weighted by atomic mass is 127. The van der Waals surface area contributed by atoms with E-state index in [-0.39, 0.29) is 60.2 Å². The Morgan fingerprint density at radius 2 is 1.26 bits per heavy atom. The summed E-state index contributed by atoms with van der Waals surface area (Å²) in [4.78, 5) is 29.1. The van der Waals surface area contributed by atoms with Crippen molar-refractivity contribution in [3.63, 3.8) is 0 Å². The number of carbonyl (C=O) groups is 2. The molecule has 3 N–H and O–H groups in total. The van der Waals surface area contributed by atoms with Gasteiger partial charge in [0.2, 0.25) is 11.6 Å². The average Bonchev–Trinajstić information content (AvgIpc) is 2.45. The van der Waals surface area contributed by atoms with Gasteiger partial charge in [0.25, 0.3) is 0 Å².